The van der Waals surface area contributed by atoms with Gasteiger partial charge in [0, 0.05) is 16.2 Å². The van der Waals surface area contributed by atoms with E-state index in [4.69, 9.17) is 9.84 Å². The molecule has 0 spiro atoms. The molecule has 0 amide bonds. The van der Waals surface area contributed by atoms with Gasteiger partial charge in [-0.3, -0.25) is 0 Å². The van der Waals surface area contributed by atoms with Crippen molar-refractivity contribution < 1.29 is 14.6 Å². The number of hydrogen-bond acceptors (Lipinski definition) is 3. The van der Waals surface area contributed by atoms with E-state index in [0.29, 0.717) is 12.2 Å². The molecule has 5 heteroatoms. The summed E-state index contributed by atoms with van der Waals surface area (Å²) in [6.07, 6.45) is 1.46. The van der Waals surface area contributed by atoms with Gasteiger partial charge in [0.2, 0.25) is 0 Å². The summed E-state index contributed by atoms with van der Waals surface area (Å²) in [4.78, 5) is 14.8. The van der Waals surface area contributed by atoms with Crippen molar-refractivity contribution in [2.75, 3.05) is 0 Å². The number of nitrogens with zero attached hydrogens (tertiary/aromatic N) is 1. The number of carboxylic acids is 1. The van der Waals surface area contributed by atoms with Gasteiger partial charge in [-0.15, -0.1) is 0 Å². The molecule has 1 aromatic carbocycles. The molecule has 2 aromatic rings. The first-order valence-electron chi connectivity index (χ1n) is 5.67. The van der Waals surface area contributed by atoms with Crippen molar-refractivity contribution in [1.29, 1.82) is 0 Å². The Labute approximate surface area is 119 Å². The molecule has 0 aliphatic rings. The van der Waals surface area contributed by atoms with Crippen molar-refractivity contribution in [2.24, 2.45) is 0 Å². The van der Waals surface area contributed by atoms with Crippen molar-refractivity contribution >= 4 is 21.9 Å². The summed E-state index contributed by atoms with van der Waals surface area (Å²) in [5.41, 5.74) is 1.62. The molecule has 0 saturated carbocycles. The third-order valence-corrected chi connectivity index (χ3v) is 3.34. The van der Waals surface area contributed by atoms with E-state index in [2.05, 4.69) is 20.9 Å². The van der Waals surface area contributed by atoms with Gasteiger partial charge in [-0.2, -0.15) is 0 Å². The molecular formula is C14H12BrNO3. The summed E-state index contributed by atoms with van der Waals surface area (Å²) in [5, 5.41) is 9.00. The van der Waals surface area contributed by atoms with E-state index in [0.717, 1.165) is 10.0 Å². The van der Waals surface area contributed by atoms with Gasteiger partial charge in [-0.1, -0.05) is 40.2 Å². The van der Waals surface area contributed by atoms with Gasteiger partial charge in [-0.25, -0.2) is 9.78 Å². The standard InChI is InChI=1S/C14H12BrNO3/c15-12-6-2-1-4-10(12)8-19-9-11-5-3-7-16-13(11)14(17)18/h1-7H,8-9H2,(H,17,18). The van der Waals surface area contributed by atoms with Crippen LogP contribution in [0.4, 0.5) is 0 Å². The lowest BCUT2D eigenvalue weighted by molar-refractivity contribution is 0.0676. The number of carboxylic acid groups (broad SMARTS) is 1. The molecule has 0 aliphatic carbocycles. The van der Waals surface area contributed by atoms with Gasteiger partial charge in [0.05, 0.1) is 13.2 Å². The first-order valence-corrected chi connectivity index (χ1v) is 6.46. The van der Waals surface area contributed by atoms with Crippen molar-refractivity contribution in [2.45, 2.75) is 13.2 Å². The molecule has 0 bridgehead atoms. The maximum absolute atomic E-state index is 11.0. The van der Waals surface area contributed by atoms with E-state index in [1.54, 1.807) is 12.1 Å². The Morgan fingerprint density at radius 3 is 2.58 bits per heavy atom. The van der Waals surface area contributed by atoms with Gasteiger partial charge in [0.1, 0.15) is 0 Å². The molecule has 1 aromatic heterocycles. The number of hydrogen-bond donors (Lipinski definition) is 1. The molecule has 2 rings (SSSR count). The van der Waals surface area contributed by atoms with Crippen LogP contribution in [0.5, 0.6) is 0 Å². The number of aromatic nitrogens is 1. The molecule has 0 unspecified atom stereocenters. The molecule has 1 N–H and O–H groups in total. The number of rotatable bonds is 5. The fraction of sp³-hybridized carbons (Fsp3) is 0.143. The Hall–Kier alpha value is -1.72. The van der Waals surface area contributed by atoms with Gasteiger partial charge in [0.15, 0.2) is 5.69 Å². The highest BCUT2D eigenvalue weighted by Crippen LogP contribution is 2.17. The minimum absolute atomic E-state index is 0.0367. The average Bonchev–Trinajstić information content (AvgIpc) is 2.41. The molecular weight excluding hydrogens is 310 g/mol. The van der Waals surface area contributed by atoms with Crippen LogP contribution < -0.4 is 0 Å². The summed E-state index contributed by atoms with van der Waals surface area (Å²) in [7, 11) is 0. The molecule has 1 heterocycles. The van der Waals surface area contributed by atoms with Crippen LogP contribution in [0.3, 0.4) is 0 Å². The first kappa shape index (κ1) is 13.7. The maximum atomic E-state index is 11.0. The molecule has 4 nitrogen and oxygen atoms in total. The number of halogens is 1. The van der Waals surface area contributed by atoms with Crippen LogP contribution in [0.15, 0.2) is 47.1 Å². The van der Waals surface area contributed by atoms with E-state index in [9.17, 15) is 4.79 Å². The summed E-state index contributed by atoms with van der Waals surface area (Å²) >= 11 is 3.43. The van der Waals surface area contributed by atoms with E-state index < -0.39 is 5.97 Å². The second-order valence-corrected chi connectivity index (χ2v) is 4.75. The summed E-state index contributed by atoms with van der Waals surface area (Å²) < 4.78 is 6.52. The van der Waals surface area contributed by atoms with E-state index in [-0.39, 0.29) is 12.3 Å². The van der Waals surface area contributed by atoms with Gasteiger partial charge >= 0.3 is 5.97 Å². The fourth-order valence-electron chi connectivity index (χ4n) is 1.63. The smallest absolute Gasteiger partial charge is 0.354 e. The lowest BCUT2D eigenvalue weighted by atomic mass is 10.2. The molecule has 98 valence electrons. The monoisotopic (exact) mass is 321 g/mol. The zero-order chi connectivity index (χ0) is 13.7. The molecule has 0 aliphatic heterocycles. The van der Waals surface area contributed by atoms with Crippen LogP contribution in [0.2, 0.25) is 0 Å². The summed E-state index contributed by atoms with van der Waals surface area (Å²) in [5.74, 6) is -1.04. The maximum Gasteiger partial charge on any atom is 0.354 e. The lowest BCUT2D eigenvalue weighted by Crippen LogP contribution is -2.06. The second kappa shape index (κ2) is 6.45. The Balaban J connectivity index is 2.00. The van der Waals surface area contributed by atoms with Crippen molar-refractivity contribution in [3.05, 3.63) is 63.9 Å². The molecule has 0 fully saturated rings. The van der Waals surface area contributed by atoms with Crippen LogP contribution in [0.25, 0.3) is 0 Å². The van der Waals surface area contributed by atoms with Gasteiger partial charge in [-0.05, 0) is 17.7 Å². The van der Waals surface area contributed by atoms with Crippen molar-refractivity contribution in [3.63, 3.8) is 0 Å². The normalized spacial score (nSPS) is 10.4. The topological polar surface area (TPSA) is 59.4 Å². The Morgan fingerprint density at radius 1 is 1.16 bits per heavy atom. The first-order chi connectivity index (χ1) is 9.18. The van der Waals surface area contributed by atoms with Crippen molar-refractivity contribution in [1.82, 2.24) is 4.98 Å². The van der Waals surface area contributed by atoms with Gasteiger partial charge < -0.3 is 9.84 Å². The minimum Gasteiger partial charge on any atom is -0.477 e. The highest BCUT2D eigenvalue weighted by molar-refractivity contribution is 9.10. The van der Waals surface area contributed by atoms with Crippen molar-refractivity contribution in [3.8, 4) is 0 Å². The van der Waals surface area contributed by atoms with Crippen LogP contribution in [-0.2, 0) is 18.0 Å². The average molecular weight is 322 g/mol. The van der Waals surface area contributed by atoms with Crippen LogP contribution in [-0.4, -0.2) is 16.1 Å². The molecule has 0 radical (unpaired) electrons. The Morgan fingerprint density at radius 2 is 1.84 bits per heavy atom. The highest BCUT2D eigenvalue weighted by Gasteiger charge is 2.10. The van der Waals surface area contributed by atoms with E-state index in [1.807, 2.05) is 24.3 Å². The molecule has 19 heavy (non-hydrogen) atoms. The zero-order valence-corrected chi connectivity index (χ0v) is 11.6. The van der Waals surface area contributed by atoms with Crippen LogP contribution in [0, 0.1) is 0 Å². The minimum atomic E-state index is -1.04. The lowest BCUT2D eigenvalue weighted by Gasteiger charge is -2.07. The Bertz CT molecular complexity index is 586. The highest BCUT2D eigenvalue weighted by atomic mass is 79.9. The van der Waals surface area contributed by atoms with Crippen LogP contribution >= 0.6 is 15.9 Å². The third kappa shape index (κ3) is 3.62. The Kier molecular flexibility index (Phi) is 4.65. The number of benzene rings is 1. The summed E-state index contributed by atoms with van der Waals surface area (Å²) in [6, 6.07) is 11.1. The largest absolute Gasteiger partial charge is 0.477 e. The predicted octanol–water partition coefficient (Wildman–Crippen LogP) is 3.26. The number of carbonyl (C=O) groups is 1. The fourth-order valence-corrected chi connectivity index (χ4v) is 2.03. The molecule has 0 atom stereocenters. The number of ether oxygens (including phenoxy) is 1. The van der Waals surface area contributed by atoms with E-state index >= 15 is 0 Å². The van der Waals surface area contributed by atoms with Gasteiger partial charge in [0.25, 0.3) is 0 Å². The second-order valence-electron chi connectivity index (χ2n) is 3.90. The third-order valence-electron chi connectivity index (χ3n) is 2.57. The quantitative estimate of drug-likeness (QED) is 0.918. The SMILES string of the molecule is O=C(O)c1ncccc1COCc1ccccc1Br. The van der Waals surface area contributed by atoms with E-state index in [1.165, 1.54) is 6.20 Å². The number of pyridine rings is 1. The van der Waals surface area contributed by atoms with Crippen LogP contribution in [0.1, 0.15) is 21.6 Å². The zero-order valence-electron chi connectivity index (χ0n) is 10.0. The molecule has 0 saturated heterocycles. The predicted molar refractivity (Wildman–Crippen MR) is 73.8 cm³/mol. The number of aromatic carboxylic acids is 1. The summed E-state index contributed by atoms with van der Waals surface area (Å²) in [6.45, 7) is 0.631.